The van der Waals surface area contributed by atoms with E-state index in [2.05, 4.69) is 31.2 Å². The lowest BCUT2D eigenvalue weighted by molar-refractivity contribution is 0.102. The molecule has 0 saturated carbocycles. The van der Waals surface area contributed by atoms with Crippen LogP contribution in [0.4, 0.5) is 17.2 Å². The maximum Gasteiger partial charge on any atom is 0.283 e. The maximum absolute atomic E-state index is 13.2. The molecule has 1 saturated heterocycles. The standard InChI is InChI=1S/C24H25BN6O3/c25-34-21-3-1-2-15-12-16(4-5-17(15)21)18-14-28-23(26)22(29-18)24(32)30-19-13-27-7-6-20(19)31-8-10-33-11-9-31/h4-7,12-14,21H,1-3,8-11H2,(H2,26,28)(H,30,32). The van der Waals surface area contributed by atoms with Crippen molar-refractivity contribution < 1.29 is 14.2 Å². The number of hydrogen-bond donors (Lipinski definition) is 2. The summed E-state index contributed by atoms with van der Waals surface area (Å²) in [5, 5.41) is 2.91. The van der Waals surface area contributed by atoms with Crippen LogP contribution in [-0.4, -0.2) is 55.2 Å². The molecule has 1 aromatic carbocycles. The zero-order valence-electron chi connectivity index (χ0n) is 18.7. The molecule has 34 heavy (non-hydrogen) atoms. The Bertz CT molecular complexity index is 1200. The van der Waals surface area contributed by atoms with Crippen LogP contribution >= 0.6 is 0 Å². The Labute approximate surface area is 199 Å². The molecule has 172 valence electrons. The summed E-state index contributed by atoms with van der Waals surface area (Å²) in [5.41, 5.74) is 11.2. The van der Waals surface area contributed by atoms with Crippen LogP contribution in [0.15, 0.2) is 42.9 Å². The minimum atomic E-state index is -0.441. The zero-order valence-corrected chi connectivity index (χ0v) is 18.7. The molecule has 0 spiro atoms. The zero-order chi connectivity index (χ0) is 23.5. The van der Waals surface area contributed by atoms with E-state index in [4.69, 9.17) is 23.2 Å². The summed E-state index contributed by atoms with van der Waals surface area (Å²) in [6, 6.07) is 7.87. The molecule has 5 rings (SSSR count). The summed E-state index contributed by atoms with van der Waals surface area (Å²) in [5.74, 6) is -0.378. The fourth-order valence-corrected chi connectivity index (χ4v) is 4.52. The Morgan fingerprint density at radius 2 is 2.09 bits per heavy atom. The van der Waals surface area contributed by atoms with E-state index in [1.807, 2.05) is 18.2 Å². The van der Waals surface area contributed by atoms with Gasteiger partial charge in [-0.05, 0) is 42.5 Å². The number of hydrogen-bond acceptors (Lipinski definition) is 8. The number of benzene rings is 1. The Morgan fingerprint density at radius 1 is 1.24 bits per heavy atom. The monoisotopic (exact) mass is 456 g/mol. The second-order valence-corrected chi connectivity index (χ2v) is 8.37. The van der Waals surface area contributed by atoms with Crippen LogP contribution in [0.3, 0.4) is 0 Å². The average molecular weight is 456 g/mol. The van der Waals surface area contributed by atoms with Crippen molar-refractivity contribution >= 4 is 31.1 Å². The Morgan fingerprint density at radius 3 is 2.91 bits per heavy atom. The predicted octanol–water partition coefficient (Wildman–Crippen LogP) is 2.69. The number of rotatable bonds is 5. The number of nitrogens with two attached hydrogens (primary N) is 1. The van der Waals surface area contributed by atoms with Crippen molar-refractivity contribution in [1.82, 2.24) is 15.0 Å². The SMILES string of the molecule is [B]OC1CCCc2cc(-c3cnc(N)c(C(=O)Nc4cnccc4N4CCOCC4)n3)ccc21. The van der Waals surface area contributed by atoms with Crippen molar-refractivity contribution in [1.29, 1.82) is 0 Å². The third-order valence-corrected chi connectivity index (χ3v) is 6.28. The highest BCUT2D eigenvalue weighted by atomic mass is 16.5. The third-order valence-electron chi connectivity index (χ3n) is 6.28. The number of nitrogen functional groups attached to an aromatic ring is 1. The van der Waals surface area contributed by atoms with Crippen LogP contribution in [0.25, 0.3) is 11.3 Å². The first-order chi connectivity index (χ1) is 16.6. The van der Waals surface area contributed by atoms with Crippen LogP contribution in [0.2, 0.25) is 0 Å². The largest absolute Gasteiger partial charge is 0.441 e. The van der Waals surface area contributed by atoms with Gasteiger partial charge in [0.15, 0.2) is 11.5 Å². The highest BCUT2D eigenvalue weighted by Crippen LogP contribution is 2.34. The first-order valence-corrected chi connectivity index (χ1v) is 11.3. The van der Waals surface area contributed by atoms with Crippen LogP contribution in [0, 0.1) is 0 Å². The van der Waals surface area contributed by atoms with Crippen LogP contribution < -0.4 is 16.0 Å². The lowest BCUT2D eigenvalue weighted by Gasteiger charge is -2.30. The van der Waals surface area contributed by atoms with Gasteiger partial charge in [0.25, 0.3) is 14.0 Å². The molecule has 1 atom stereocenters. The molecular formula is C24H25BN6O3. The van der Waals surface area contributed by atoms with Gasteiger partial charge in [-0.2, -0.15) is 0 Å². The molecule has 9 nitrogen and oxygen atoms in total. The molecule has 3 N–H and O–H groups in total. The molecule has 1 fully saturated rings. The minimum absolute atomic E-state index is 0.0626. The van der Waals surface area contributed by atoms with Gasteiger partial charge in [-0.1, -0.05) is 12.1 Å². The number of aryl methyl sites for hydroxylation is 1. The first kappa shape index (κ1) is 22.3. The van der Waals surface area contributed by atoms with Gasteiger partial charge >= 0.3 is 0 Å². The number of carbonyl (C=O) groups excluding carboxylic acids is 1. The van der Waals surface area contributed by atoms with E-state index in [1.54, 1.807) is 18.6 Å². The van der Waals surface area contributed by atoms with Gasteiger partial charge in [-0.25, -0.2) is 9.97 Å². The summed E-state index contributed by atoms with van der Waals surface area (Å²) in [6.45, 7) is 2.74. The summed E-state index contributed by atoms with van der Waals surface area (Å²) in [7, 11) is 5.46. The third kappa shape index (κ3) is 4.46. The Kier molecular flexibility index (Phi) is 6.42. The Balaban J connectivity index is 1.41. The minimum Gasteiger partial charge on any atom is -0.441 e. The quantitative estimate of drug-likeness (QED) is 0.564. The van der Waals surface area contributed by atoms with E-state index in [1.165, 1.54) is 0 Å². The highest BCUT2D eigenvalue weighted by molar-refractivity contribution is 6.07. The molecule has 1 aliphatic carbocycles. The van der Waals surface area contributed by atoms with Crippen LogP contribution in [-0.2, 0) is 15.8 Å². The highest BCUT2D eigenvalue weighted by Gasteiger charge is 2.22. The summed E-state index contributed by atoms with van der Waals surface area (Å²) < 4.78 is 10.6. The number of anilines is 3. The summed E-state index contributed by atoms with van der Waals surface area (Å²) in [6.07, 6.45) is 7.63. The predicted molar refractivity (Wildman–Crippen MR) is 130 cm³/mol. The van der Waals surface area contributed by atoms with E-state index in [9.17, 15) is 4.79 Å². The number of carbonyl (C=O) groups is 1. The fourth-order valence-electron chi connectivity index (χ4n) is 4.52. The molecule has 2 radical (unpaired) electrons. The molecule has 10 heteroatoms. The second kappa shape index (κ2) is 9.78. The van der Waals surface area contributed by atoms with Gasteiger partial charge in [0.2, 0.25) is 0 Å². The molecule has 2 aromatic heterocycles. The Hall–Kier alpha value is -3.50. The van der Waals surface area contributed by atoms with Gasteiger partial charge in [-0.15, -0.1) is 0 Å². The van der Waals surface area contributed by atoms with Crippen LogP contribution in [0.5, 0.6) is 0 Å². The van der Waals surface area contributed by atoms with E-state index < -0.39 is 5.91 Å². The second-order valence-electron chi connectivity index (χ2n) is 8.37. The molecule has 0 bridgehead atoms. The fraction of sp³-hybridized carbons (Fsp3) is 0.333. The van der Waals surface area contributed by atoms with E-state index >= 15 is 0 Å². The molecule has 1 aliphatic heterocycles. The first-order valence-electron chi connectivity index (χ1n) is 11.3. The van der Waals surface area contributed by atoms with Crippen LogP contribution in [0.1, 0.15) is 40.6 Å². The van der Waals surface area contributed by atoms with Gasteiger partial charge < -0.3 is 25.3 Å². The lowest BCUT2D eigenvalue weighted by atomic mass is 9.87. The maximum atomic E-state index is 13.2. The molecular weight excluding hydrogens is 431 g/mol. The summed E-state index contributed by atoms with van der Waals surface area (Å²) >= 11 is 0. The molecule has 2 aliphatic rings. The van der Waals surface area contributed by atoms with Crippen molar-refractivity contribution in [2.45, 2.75) is 25.4 Å². The molecule has 3 aromatic rings. The molecule has 1 unspecified atom stereocenters. The average Bonchev–Trinajstić information content (AvgIpc) is 2.89. The van der Waals surface area contributed by atoms with Gasteiger partial charge in [-0.3, -0.25) is 9.78 Å². The smallest absolute Gasteiger partial charge is 0.283 e. The number of fused-ring (bicyclic) bond motifs is 1. The van der Waals surface area contributed by atoms with Crippen molar-refractivity contribution in [3.05, 3.63) is 59.7 Å². The summed E-state index contributed by atoms with van der Waals surface area (Å²) in [4.78, 5) is 28.3. The number of morpholine rings is 1. The lowest BCUT2D eigenvalue weighted by Crippen LogP contribution is -2.36. The van der Waals surface area contributed by atoms with E-state index in [-0.39, 0.29) is 17.6 Å². The van der Waals surface area contributed by atoms with Crippen molar-refractivity contribution in [2.75, 3.05) is 42.3 Å². The van der Waals surface area contributed by atoms with Crippen molar-refractivity contribution in [2.24, 2.45) is 0 Å². The van der Waals surface area contributed by atoms with Crippen molar-refractivity contribution in [3.63, 3.8) is 0 Å². The molecule has 3 heterocycles. The molecule has 1 amide bonds. The van der Waals surface area contributed by atoms with Crippen molar-refractivity contribution in [3.8, 4) is 11.3 Å². The van der Waals surface area contributed by atoms with Gasteiger partial charge in [0, 0.05) is 24.8 Å². The van der Waals surface area contributed by atoms with Gasteiger partial charge in [0.05, 0.1) is 48.8 Å². The number of nitrogens with zero attached hydrogens (tertiary/aromatic N) is 4. The topological polar surface area (TPSA) is 115 Å². The normalized spacial score (nSPS) is 17.8. The number of ether oxygens (including phenoxy) is 1. The van der Waals surface area contributed by atoms with E-state index in [0.29, 0.717) is 24.6 Å². The van der Waals surface area contributed by atoms with E-state index in [0.717, 1.165) is 54.7 Å². The number of amides is 1. The number of pyridine rings is 1. The number of nitrogens with one attached hydrogen (secondary N) is 1. The van der Waals surface area contributed by atoms with Gasteiger partial charge in [0.1, 0.15) is 0 Å². The number of aromatic nitrogens is 3.